The Labute approximate surface area is 224 Å². The summed E-state index contributed by atoms with van der Waals surface area (Å²) in [6.45, 7) is 0.112. The number of ether oxygens (including phenoxy) is 1. The molecule has 3 aromatic rings. The van der Waals surface area contributed by atoms with Gasteiger partial charge >= 0.3 is 10.1 Å². The monoisotopic (exact) mass is 604 g/mol. The van der Waals surface area contributed by atoms with E-state index in [4.69, 9.17) is 8.92 Å². The number of thioether (sulfide) groups is 1. The smallest absolute Gasteiger partial charge is 0.346 e. The van der Waals surface area contributed by atoms with Crippen LogP contribution in [-0.4, -0.2) is 36.5 Å². The van der Waals surface area contributed by atoms with E-state index in [0.29, 0.717) is 5.56 Å². The maximum atomic E-state index is 12.9. The summed E-state index contributed by atoms with van der Waals surface area (Å²) >= 11 is 4.15. The number of carbonyl (C=O) groups excluding carboxylic acids is 2. The van der Waals surface area contributed by atoms with Gasteiger partial charge in [-0.2, -0.15) is 8.42 Å². The molecule has 1 heterocycles. The number of halogens is 1. The Bertz CT molecular complexity index is 1560. The second kappa shape index (κ2) is 10.7. The van der Waals surface area contributed by atoms with Crippen LogP contribution >= 0.6 is 27.7 Å². The molecular weight excluding hydrogens is 588 g/mol. The van der Waals surface area contributed by atoms with E-state index >= 15 is 0 Å². The van der Waals surface area contributed by atoms with Crippen LogP contribution in [0, 0.1) is 10.1 Å². The molecule has 1 aliphatic rings. The van der Waals surface area contributed by atoms with Gasteiger partial charge in [0.25, 0.3) is 16.8 Å². The summed E-state index contributed by atoms with van der Waals surface area (Å²) in [4.78, 5) is 36.5. The highest BCUT2D eigenvalue weighted by molar-refractivity contribution is 9.10. The first-order valence-corrected chi connectivity index (χ1v) is 13.5. The van der Waals surface area contributed by atoms with Gasteiger partial charge in [0.1, 0.15) is 0 Å². The molecule has 1 saturated heterocycles. The SMILES string of the molecule is COc1cc(/C=C2\SC(=O)N(Cc3cccc(Br)c3)C2=O)ccc1OS(=O)(=O)c1ccccc1[N+](=O)[O-]. The van der Waals surface area contributed by atoms with Gasteiger partial charge in [0.15, 0.2) is 16.4 Å². The first-order chi connectivity index (χ1) is 17.6. The fraction of sp³-hybridized carbons (Fsp3) is 0.0833. The minimum absolute atomic E-state index is 0.00396. The zero-order valence-corrected chi connectivity index (χ0v) is 22.2. The van der Waals surface area contributed by atoms with Gasteiger partial charge in [0.05, 0.1) is 23.5 Å². The zero-order chi connectivity index (χ0) is 26.7. The van der Waals surface area contributed by atoms with Gasteiger partial charge in [-0.3, -0.25) is 24.6 Å². The molecule has 0 aromatic heterocycles. The number of para-hydroxylation sites is 1. The standard InChI is InChI=1S/C24H17BrN2O8S2/c1-34-20-12-15(9-10-19(20)35-37(32,33)22-8-3-2-7-18(22)27(30)31)13-21-23(28)26(24(29)36-21)14-16-5-4-6-17(25)11-16/h2-13H,14H2,1H3/b21-13-. The molecule has 4 rings (SSSR count). The Balaban J connectivity index is 1.58. The Hall–Kier alpha value is -3.68. The number of nitrogens with zero attached hydrogens (tertiary/aromatic N) is 2. The van der Waals surface area contributed by atoms with Crippen molar-refractivity contribution in [2.24, 2.45) is 0 Å². The molecule has 0 aliphatic carbocycles. The lowest BCUT2D eigenvalue weighted by Gasteiger charge is -2.13. The van der Waals surface area contributed by atoms with Crippen LogP contribution < -0.4 is 8.92 Å². The zero-order valence-electron chi connectivity index (χ0n) is 19.0. The van der Waals surface area contributed by atoms with E-state index in [1.54, 1.807) is 12.1 Å². The molecule has 13 heteroatoms. The van der Waals surface area contributed by atoms with Crippen molar-refractivity contribution in [3.05, 3.63) is 97.3 Å². The number of rotatable bonds is 8. The highest BCUT2D eigenvalue weighted by atomic mass is 79.9. The van der Waals surface area contributed by atoms with Crippen molar-refractivity contribution in [3.63, 3.8) is 0 Å². The lowest BCUT2D eigenvalue weighted by Crippen LogP contribution is -2.27. The Morgan fingerprint density at radius 3 is 2.51 bits per heavy atom. The third kappa shape index (κ3) is 5.84. The second-order valence-corrected chi connectivity index (χ2v) is 11.0. The van der Waals surface area contributed by atoms with E-state index in [2.05, 4.69) is 15.9 Å². The number of carbonyl (C=O) groups is 2. The predicted octanol–water partition coefficient (Wildman–Crippen LogP) is 5.37. The molecule has 1 aliphatic heterocycles. The topological polar surface area (TPSA) is 133 Å². The van der Waals surface area contributed by atoms with Crippen molar-refractivity contribution in [2.75, 3.05) is 7.11 Å². The van der Waals surface area contributed by atoms with E-state index in [9.17, 15) is 28.1 Å². The molecule has 2 amide bonds. The average Bonchev–Trinajstić information content (AvgIpc) is 3.12. The van der Waals surface area contributed by atoms with Gasteiger partial charge in [0, 0.05) is 10.5 Å². The summed E-state index contributed by atoms with van der Waals surface area (Å²) in [7, 11) is -3.28. The van der Waals surface area contributed by atoms with Crippen LogP contribution in [-0.2, 0) is 21.5 Å². The number of imide groups is 1. The van der Waals surface area contributed by atoms with Crippen molar-refractivity contribution in [1.29, 1.82) is 0 Å². The quantitative estimate of drug-likeness (QED) is 0.144. The summed E-state index contributed by atoms with van der Waals surface area (Å²) in [5.74, 6) is -0.668. The minimum atomic E-state index is -4.56. The Kier molecular flexibility index (Phi) is 7.66. The van der Waals surface area contributed by atoms with Crippen molar-refractivity contribution < 1.29 is 31.9 Å². The lowest BCUT2D eigenvalue weighted by atomic mass is 10.1. The number of nitro groups is 1. The maximum Gasteiger partial charge on any atom is 0.346 e. The molecule has 0 atom stereocenters. The molecule has 0 bridgehead atoms. The van der Waals surface area contributed by atoms with Crippen LogP contribution in [0.4, 0.5) is 10.5 Å². The maximum absolute atomic E-state index is 12.9. The fourth-order valence-corrected chi connectivity index (χ4v) is 5.82. The van der Waals surface area contributed by atoms with Crippen molar-refractivity contribution in [3.8, 4) is 11.5 Å². The molecule has 0 radical (unpaired) electrons. The fourth-order valence-electron chi connectivity index (χ4n) is 3.43. The van der Waals surface area contributed by atoms with Gasteiger partial charge in [-0.25, -0.2) is 0 Å². The summed E-state index contributed by atoms with van der Waals surface area (Å²) in [5.41, 5.74) is 0.595. The van der Waals surface area contributed by atoms with Crippen LogP contribution in [0.2, 0.25) is 0 Å². The second-order valence-electron chi connectivity index (χ2n) is 7.57. The van der Waals surface area contributed by atoms with Crippen molar-refractivity contribution in [1.82, 2.24) is 4.90 Å². The summed E-state index contributed by atoms with van der Waals surface area (Å²) < 4.78 is 36.7. The molecule has 10 nitrogen and oxygen atoms in total. The van der Waals surface area contributed by atoms with Gasteiger partial charge < -0.3 is 8.92 Å². The Morgan fingerprint density at radius 2 is 1.81 bits per heavy atom. The van der Waals surface area contributed by atoms with Gasteiger partial charge in [-0.15, -0.1) is 0 Å². The normalized spacial score (nSPS) is 14.8. The van der Waals surface area contributed by atoms with Gasteiger partial charge in [-0.05, 0) is 59.3 Å². The van der Waals surface area contributed by atoms with Crippen LogP contribution in [0.1, 0.15) is 11.1 Å². The molecule has 0 unspecified atom stereocenters. The highest BCUT2D eigenvalue weighted by Gasteiger charge is 2.35. The summed E-state index contributed by atoms with van der Waals surface area (Å²) in [5, 5.41) is 10.8. The van der Waals surface area contributed by atoms with Crippen molar-refractivity contribution in [2.45, 2.75) is 11.4 Å². The van der Waals surface area contributed by atoms with Crippen LogP contribution in [0.15, 0.2) is 81.0 Å². The molecule has 3 aromatic carbocycles. The lowest BCUT2D eigenvalue weighted by molar-refractivity contribution is -0.387. The third-order valence-electron chi connectivity index (χ3n) is 5.12. The van der Waals surface area contributed by atoms with E-state index in [1.807, 2.05) is 12.1 Å². The minimum Gasteiger partial charge on any atom is -0.493 e. The molecule has 0 spiro atoms. The van der Waals surface area contributed by atoms with E-state index < -0.39 is 36.8 Å². The molecular formula is C24H17BrN2O8S2. The van der Waals surface area contributed by atoms with Crippen LogP contribution in [0.25, 0.3) is 6.08 Å². The average molecular weight is 605 g/mol. The van der Waals surface area contributed by atoms with E-state index in [0.717, 1.165) is 38.8 Å². The van der Waals surface area contributed by atoms with Gasteiger partial charge in [-0.1, -0.05) is 46.3 Å². The highest BCUT2D eigenvalue weighted by Crippen LogP contribution is 2.37. The number of hydrogen-bond acceptors (Lipinski definition) is 9. The number of methoxy groups -OCH3 is 1. The third-order valence-corrected chi connectivity index (χ3v) is 7.80. The number of hydrogen-bond donors (Lipinski definition) is 0. The summed E-state index contributed by atoms with van der Waals surface area (Å²) in [6, 6.07) is 16.3. The molecule has 190 valence electrons. The summed E-state index contributed by atoms with van der Waals surface area (Å²) in [6.07, 6.45) is 1.48. The van der Waals surface area contributed by atoms with Crippen LogP contribution in [0.5, 0.6) is 11.5 Å². The van der Waals surface area contributed by atoms with Gasteiger partial charge in [0.2, 0.25) is 0 Å². The van der Waals surface area contributed by atoms with E-state index in [1.165, 1.54) is 43.5 Å². The predicted molar refractivity (Wildman–Crippen MR) is 140 cm³/mol. The largest absolute Gasteiger partial charge is 0.493 e. The molecule has 37 heavy (non-hydrogen) atoms. The molecule has 0 N–H and O–H groups in total. The number of nitro benzene ring substituents is 1. The van der Waals surface area contributed by atoms with E-state index in [-0.39, 0.29) is 22.9 Å². The number of benzene rings is 3. The first-order valence-electron chi connectivity index (χ1n) is 10.4. The first kappa shape index (κ1) is 26.4. The molecule has 1 fully saturated rings. The number of amides is 2. The molecule has 0 saturated carbocycles. The Morgan fingerprint density at radius 1 is 1.05 bits per heavy atom. The van der Waals surface area contributed by atoms with Crippen LogP contribution in [0.3, 0.4) is 0 Å². The van der Waals surface area contributed by atoms with Crippen molar-refractivity contribution >= 4 is 60.7 Å².